The monoisotopic (exact) mass is 492 g/mol. The minimum atomic E-state index is -0.560. The van der Waals surface area contributed by atoms with Gasteiger partial charge in [-0.2, -0.15) is 0 Å². The number of benzene rings is 2. The number of hydrogen-bond acceptors (Lipinski definition) is 7. The van der Waals surface area contributed by atoms with Gasteiger partial charge in [-0.25, -0.2) is 9.78 Å². The first-order valence-electron chi connectivity index (χ1n) is 12.2. The Hall–Kier alpha value is -4.79. The lowest BCUT2D eigenvalue weighted by atomic mass is 9.97. The molecule has 0 bridgehead atoms. The molecule has 2 aromatic carbocycles. The van der Waals surface area contributed by atoms with Crippen LogP contribution >= 0.6 is 0 Å². The summed E-state index contributed by atoms with van der Waals surface area (Å²) in [6.45, 7) is 1.26. The predicted molar refractivity (Wildman–Crippen MR) is 141 cm³/mol. The lowest BCUT2D eigenvalue weighted by Gasteiger charge is -2.32. The molecule has 9 heteroatoms. The standard InChI is InChI=1S/C28H24N6O3/c35-27(30-22-17-20-9-4-5-11-23(20)37-28(22)36)21-10-6-15-33(18-21)24-12-13-25(32-31-24)34-16-14-29-26(34)19-7-2-1-3-8-19/h1-5,7-9,11-14,16-17,21H,6,10,15,18H2,(H,30,35). The predicted octanol–water partition coefficient (Wildman–Crippen LogP) is 4.29. The Bertz CT molecular complexity index is 1610. The maximum absolute atomic E-state index is 13.0. The van der Waals surface area contributed by atoms with Gasteiger partial charge in [-0.15, -0.1) is 10.2 Å². The van der Waals surface area contributed by atoms with Crippen molar-refractivity contribution in [3.8, 4) is 17.2 Å². The molecule has 1 aliphatic heterocycles. The van der Waals surface area contributed by atoms with Crippen molar-refractivity contribution in [1.29, 1.82) is 0 Å². The van der Waals surface area contributed by atoms with Crippen LogP contribution in [0.1, 0.15) is 12.8 Å². The van der Waals surface area contributed by atoms with Crippen molar-refractivity contribution in [2.45, 2.75) is 12.8 Å². The Morgan fingerprint density at radius 3 is 2.59 bits per heavy atom. The molecule has 9 nitrogen and oxygen atoms in total. The summed E-state index contributed by atoms with van der Waals surface area (Å²) in [6.07, 6.45) is 5.15. The van der Waals surface area contributed by atoms with E-state index in [0.717, 1.165) is 36.2 Å². The molecule has 184 valence electrons. The molecule has 6 rings (SSSR count). The Balaban J connectivity index is 1.17. The van der Waals surface area contributed by atoms with Crippen molar-refractivity contribution < 1.29 is 9.21 Å². The largest absolute Gasteiger partial charge is 0.421 e. The van der Waals surface area contributed by atoms with Crippen LogP contribution in [0.3, 0.4) is 0 Å². The van der Waals surface area contributed by atoms with Gasteiger partial charge in [0.15, 0.2) is 11.6 Å². The van der Waals surface area contributed by atoms with Crippen molar-refractivity contribution in [3.05, 3.63) is 95.6 Å². The molecule has 1 aliphatic rings. The highest BCUT2D eigenvalue weighted by Gasteiger charge is 2.27. The summed E-state index contributed by atoms with van der Waals surface area (Å²) in [4.78, 5) is 31.9. The molecule has 0 spiro atoms. The van der Waals surface area contributed by atoms with E-state index in [-0.39, 0.29) is 17.5 Å². The summed E-state index contributed by atoms with van der Waals surface area (Å²) >= 11 is 0. The number of rotatable bonds is 5. The van der Waals surface area contributed by atoms with Gasteiger partial charge in [-0.05, 0) is 37.1 Å². The summed E-state index contributed by atoms with van der Waals surface area (Å²) in [6, 6.07) is 22.6. The molecule has 3 aromatic heterocycles. The smallest absolute Gasteiger partial charge is 0.360 e. The highest BCUT2D eigenvalue weighted by atomic mass is 16.4. The lowest BCUT2D eigenvalue weighted by molar-refractivity contribution is -0.120. The Morgan fingerprint density at radius 2 is 1.76 bits per heavy atom. The van der Waals surface area contributed by atoms with E-state index in [1.165, 1.54) is 0 Å². The van der Waals surface area contributed by atoms with Crippen molar-refractivity contribution in [2.24, 2.45) is 5.92 Å². The van der Waals surface area contributed by atoms with Gasteiger partial charge in [0.2, 0.25) is 5.91 Å². The minimum absolute atomic E-state index is 0.152. The van der Waals surface area contributed by atoms with Crippen molar-refractivity contribution in [3.63, 3.8) is 0 Å². The molecule has 0 aliphatic carbocycles. The fraction of sp³-hybridized carbons (Fsp3) is 0.179. The van der Waals surface area contributed by atoms with Crippen LogP contribution in [-0.4, -0.2) is 38.7 Å². The topological polar surface area (TPSA) is 106 Å². The summed E-state index contributed by atoms with van der Waals surface area (Å²) in [7, 11) is 0. The van der Waals surface area contributed by atoms with E-state index in [1.807, 2.05) is 65.4 Å². The molecule has 37 heavy (non-hydrogen) atoms. The van der Waals surface area contributed by atoms with E-state index < -0.39 is 5.63 Å². The van der Waals surface area contributed by atoms with Gasteiger partial charge in [-0.1, -0.05) is 48.5 Å². The quantitative estimate of drug-likeness (QED) is 0.365. The molecule has 1 unspecified atom stereocenters. The highest BCUT2D eigenvalue weighted by molar-refractivity contribution is 5.94. The number of aromatic nitrogens is 4. The third kappa shape index (κ3) is 4.58. The SMILES string of the molecule is O=C(Nc1cc2ccccc2oc1=O)C1CCCN(c2ccc(-n3ccnc3-c3ccccc3)nn2)C1. The van der Waals surface area contributed by atoms with Gasteiger partial charge in [0.1, 0.15) is 17.1 Å². The van der Waals surface area contributed by atoms with Gasteiger partial charge in [0.05, 0.1) is 5.92 Å². The average Bonchev–Trinajstić information content (AvgIpc) is 3.44. The number of piperidine rings is 1. The Kier molecular flexibility index (Phi) is 5.94. The van der Waals surface area contributed by atoms with E-state index in [9.17, 15) is 9.59 Å². The summed E-state index contributed by atoms with van der Waals surface area (Å²) in [5.74, 6) is 1.65. The highest BCUT2D eigenvalue weighted by Crippen LogP contribution is 2.25. The zero-order valence-electron chi connectivity index (χ0n) is 19.9. The molecule has 1 saturated heterocycles. The van der Waals surface area contributed by atoms with Gasteiger partial charge in [0.25, 0.3) is 0 Å². The minimum Gasteiger partial charge on any atom is -0.421 e. The van der Waals surface area contributed by atoms with Crippen LogP contribution in [0.15, 0.2) is 94.4 Å². The van der Waals surface area contributed by atoms with Gasteiger partial charge < -0.3 is 14.6 Å². The Morgan fingerprint density at radius 1 is 0.973 bits per heavy atom. The molecule has 4 heterocycles. The first kappa shape index (κ1) is 22.7. The van der Waals surface area contributed by atoms with Crippen LogP contribution in [0.4, 0.5) is 11.5 Å². The zero-order chi connectivity index (χ0) is 25.2. The number of carbonyl (C=O) groups is 1. The van der Waals surface area contributed by atoms with E-state index >= 15 is 0 Å². The van der Waals surface area contributed by atoms with E-state index in [0.29, 0.717) is 23.8 Å². The van der Waals surface area contributed by atoms with Crippen LogP contribution in [0.25, 0.3) is 28.2 Å². The number of fused-ring (bicyclic) bond motifs is 1. The maximum Gasteiger partial charge on any atom is 0.360 e. The van der Waals surface area contributed by atoms with Crippen LogP contribution in [-0.2, 0) is 4.79 Å². The molecule has 1 amide bonds. The van der Waals surface area contributed by atoms with E-state index in [2.05, 4.69) is 25.4 Å². The van der Waals surface area contributed by atoms with E-state index in [4.69, 9.17) is 4.42 Å². The van der Waals surface area contributed by atoms with Gasteiger partial charge in [0, 0.05) is 36.4 Å². The summed E-state index contributed by atoms with van der Waals surface area (Å²) in [5.41, 5.74) is 1.07. The second kappa shape index (κ2) is 9.69. The number of carbonyl (C=O) groups excluding carboxylic acids is 1. The van der Waals surface area contributed by atoms with Crippen LogP contribution in [0.2, 0.25) is 0 Å². The van der Waals surface area contributed by atoms with E-state index in [1.54, 1.807) is 24.4 Å². The first-order valence-corrected chi connectivity index (χ1v) is 12.2. The number of nitrogens with one attached hydrogen (secondary N) is 1. The molecule has 0 saturated carbocycles. The van der Waals surface area contributed by atoms with Crippen molar-refractivity contribution in [2.75, 3.05) is 23.3 Å². The molecule has 1 N–H and O–H groups in total. The number of hydrogen-bond donors (Lipinski definition) is 1. The van der Waals surface area contributed by atoms with Gasteiger partial charge >= 0.3 is 5.63 Å². The van der Waals surface area contributed by atoms with Crippen LogP contribution in [0, 0.1) is 5.92 Å². The molecule has 1 fully saturated rings. The molecular formula is C28H24N6O3. The second-order valence-corrected chi connectivity index (χ2v) is 9.00. The van der Waals surface area contributed by atoms with Crippen molar-refractivity contribution in [1.82, 2.24) is 19.7 Å². The van der Waals surface area contributed by atoms with Crippen LogP contribution < -0.4 is 15.8 Å². The van der Waals surface area contributed by atoms with Crippen LogP contribution in [0.5, 0.6) is 0 Å². The maximum atomic E-state index is 13.0. The fourth-order valence-electron chi connectivity index (χ4n) is 4.69. The zero-order valence-corrected chi connectivity index (χ0v) is 19.9. The first-order chi connectivity index (χ1) is 18.2. The molecule has 5 aromatic rings. The average molecular weight is 493 g/mol. The number of anilines is 2. The van der Waals surface area contributed by atoms with Gasteiger partial charge in [-0.3, -0.25) is 9.36 Å². The number of nitrogens with zero attached hydrogens (tertiary/aromatic N) is 5. The lowest BCUT2D eigenvalue weighted by Crippen LogP contribution is -2.41. The number of amides is 1. The molecule has 0 radical (unpaired) electrons. The number of imidazole rings is 1. The third-order valence-corrected chi connectivity index (χ3v) is 6.57. The number of para-hydroxylation sites is 1. The normalized spacial score (nSPS) is 15.6. The second-order valence-electron chi connectivity index (χ2n) is 9.00. The fourth-order valence-corrected chi connectivity index (χ4v) is 4.69. The third-order valence-electron chi connectivity index (χ3n) is 6.57. The summed E-state index contributed by atoms with van der Waals surface area (Å²) < 4.78 is 7.24. The summed E-state index contributed by atoms with van der Waals surface area (Å²) in [5, 5.41) is 12.4. The Labute approximate surface area is 212 Å². The molecule has 1 atom stereocenters. The molecular weight excluding hydrogens is 468 g/mol. The van der Waals surface area contributed by atoms with Crippen molar-refractivity contribution >= 4 is 28.4 Å².